The fourth-order valence-corrected chi connectivity index (χ4v) is 6.08. The van der Waals surface area contributed by atoms with Gasteiger partial charge in [-0.2, -0.15) is 0 Å². The third kappa shape index (κ3) is 4.20. The van der Waals surface area contributed by atoms with Crippen molar-refractivity contribution in [3.8, 4) is 0 Å². The molecule has 2 saturated heterocycles. The number of hydrogen-bond acceptors (Lipinski definition) is 7. The second-order valence-electron chi connectivity index (χ2n) is 7.77. The number of rotatable bonds is 6. The summed E-state index contributed by atoms with van der Waals surface area (Å²) in [5.74, 6) is 1.28. The predicted molar refractivity (Wildman–Crippen MR) is 110 cm³/mol. The Morgan fingerprint density at radius 1 is 1.25 bits per heavy atom. The lowest BCUT2D eigenvalue weighted by Gasteiger charge is -2.37. The van der Waals surface area contributed by atoms with Gasteiger partial charge < -0.3 is 15.0 Å². The number of ether oxygens (including phenoxy) is 1. The topological polar surface area (TPSA) is 84.4 Å². The zero-order chi connectivity index (χ0) is 19.6. The van der Waals surface area contributed by atoms with Crippen molar-refractivity contribution in [2.24, 2.45) is 5.92 Å². The average Bonchev–Trinajstić information content (AvgIpc) is 3.53. The van der Waals surface area contributed by atoms with Crippen LogP contribution in [-0.2, 0) is 19.3 Å². The van der Waals surface area contributed by atoms with Crippen LogP contribution in [-0.4, -0.2) is 63.5 Å². The van der Waals surface area contributed by atoms with Crippen LogP contribution in [0, 0.1) is 5.92 Å². The Kier molecular flexibility index (Phi) is 5.92. The molecule has 0 spiro atoms. The molecule has 3 aliphatic rings. The number of nitrogens with zero attached hydrogens (tertiary/aromatic N) is 3. The number of allylic oxidation sites excluding steroid dienone is 1. The van der Waals surface area contributed by atoms with E-state index in [1.54, 1.807) is 0 Å². The van der Waals surface area contributed by atoms with Crippen LogP contribution in [0.15, 0.2) is 18.2 Å². The van der Waals surface area contributed by atoms with Gasteiger partial charge >= 0.3 is 0 Å². The minimum Gasteiger partial charge on any atom is -0.378 e. The van der Waals surface area contributed by atoms with E-state index in [9.17, 15) is 8.42 Å². The number of piperidine rings is 1. The Balaban J connectivity index is 1.69. The van der Waals surface area contributed by atoms with Crippen molar-refractivity contribution in [2.75, 3.05) is 50.0 Å². The van der Waals surface area contributed by atoms with Crippen molar-refractivity contribution in [2.45, 2.75) is 30.4 Å². The first-order valence-corrected chi connectivity index (χ1v) is 12.0. The summed E-state index contributed by atoms with van der Waals surface area (Å²) in [6, 6.07) is 1.82. The van der Waals surface area contributed by atoms with Gasteiger partial charge in [0.1, 0.15) is 10.6 Å². The summed E-state index contributed by atoms with van der Waals surface area (Å²) in [4.78, 5) is 10.8. The third-order valence-corrected chi connectivity index (χ3v) is 8.45. The van der Waals surface area contributed by atoms with E-state index in [0.717, 1.165) is 12.8 Å². The molecule has 0 bridgehead atoms. The van der Waals surface area contributed by atoms with Gasteiger partial charge in [0, 0.05) is 19.2 Å². The first-order valence-electron chi connectivity index (χ1n) is 9.98. The molecule has 154 valence electrons. The molecular formula is C19H27ClN4O3S. The van der Waals surface area contributed by atoms with Crippen LogP contribution in [0.1, 0.15) is 31.4 Å². The van der Waals surface area contributed by atoms with Crippen molar-refractivity contribution >= 4 is 27.3 Å². The summed E-state index contributed by atoms with van der Waals surface area (Å²) in [6.45, 7) is 3.93. The summed E-state index contributed by atoms with van der Waals surface area (Å²) in [5, 5.41) is 3.37. The van der Waals surface area contributed by atoms with E-state index >= 15 is 0 Å². The van der Waals surface area contributed by atoms with Crippen LogP contribution in [0.5, 0.6) is 0 Å². The number of anilines is 1. The third-order valence-electron chi connectivity index (χ3n) is 5.84. The molecule has 0 atom stereocenters. The van der Waals surface area contributed by atoms with Gasteiger partial charge in [0.25, 0.3) is 0 Å². The zero-order valence-electron chi connectivity index (χ0n) is 15.9. The molecule has 7 nitrogen and oxygen atoms in total. The largest absolute Gasteiger partial charge is 0.378 e. The molecular weight excluding hydrogens is 400 g/mol. The van der Waals surface area contributed by atoms with Crippen LogP contribution in [0.4, 0.5) is 5.82 Å². The molecule has 28 heavy (non-hydrogen) atoms. The normalized spacial score (nSPS) is 23.2. The van der Waals surface area contributed by atoms with E-state index in [2.05, 4.69) is 20.2 Å². The molecule has 0 amide bonds. The van der Waals surface area contributed by atoms with Crippen molar-refractivity contribution in [1.82, 2.24) is 15.3 Å². The Morgan fingerprint density at radius 3 is 2.64 bits per heavy atom. The van der Waals surface area contributed by atoms with Gasteiger partial charge in [-0.05, 0) is 56.3 Å². The molecule has 3 fully saturated rings. The first kappa shape index (κ1) is 20.1. The zero-order valence-corrected chi connectivity index (χ0v) is 17.5. The molecule has 1 N–H and O–H groups in total. The maximum Gasteiger partial charge on any atom is 0.224 e. The number of sulfone groups is 1. The van der Waals surface area contributed by atoms with E-state index in [0.29, 0.717) is 69.7 Å². The number of nitrogens with one attached hydrogen (secondary N) is 1. The molecule has 0 radical (unpaired) electrons. The minimum absolute atomic E-state index is 0.0397. The summed E-state index contributed by atoms with van der Waals surface area (Å²) < 4.78 is 31.4. The van der Waals surface area contributed by atoms with Crippen LogP contribution in [0.2, 0.25) is 5.28 Å². The summed E-state index contributed by atoms with van der Waals surface area (Å²) in [5.41, 5.74) is 0.523. The molecule has 4 rings (SSSR count). The van der Waals surface area contributed by atoms with Crippen molar-refractivity contribution in [3.63, 3.8) is 0 Å². The minimum atomic E-state index is -3.45. The van der Waals surface area contributed by atoms with Gasteiger partial charge in [-0.15, -0.1) is 0 Å². The Morgan fingerprint density at radius 2 is 1.96 bits per heavy atom. The quantitative estimate of drug-likeness (QED) is 0.549. The molecule has 0 aromatic carbocycles. The Labute approximate surface area is 171 Å². The molecule has 3 heterocycles. The van der Waals surface area contributed by atoms with Crippen molar-refractivity contribution < 1.29 is 13.2 Å². The van der Waals surface area contributed by atoms with E-state index in [4.69, 9.17) is 16.3 Å². The number of hydrogen-bond donors (Lipinski definition) is 1. The van der Waals surface area contributed by atoms with Gasteiger partial charge in [-0.3, -0.25) is 0 Å². The summed E-state index contributed by atoms with van der Waals surface area (Å²) in [6.07, 6.45) is 7.16. The predicted octanol–water partition coefficient (Wildman–Crippen LogP) is 1.93. The lowest BCUT2D eigenvalue weighted by atomic mass is 9.93. The fraction of sp³-hybridized carbons (Fsp3) is 0.684. The van der Waals surface area contributed by atoms with E-state index in [-0.39, 0.29) is 11.0 Å². The monoisotopic (exact) mass is 426 g/mol. The first-order chi connectivity index (χ1) is 13.5. The highest BCUT2D eigenvalue weighted by Crippen LogP contribution is 2.40. The van der Waals surface area contributed by atoms with Crippen LogP contribution < -0.4 is 10.2 Å². The van der Waals surface area contributed by atoms with E-state index < -0.39 is 14.6 Å². The van der Waals surface area contributed by atoms with Crippen molar-refractivity contribution in [1.29, 1.82) is 0 Å². The summed E-state index contributed by atoms with van der Waals surface area (Å²) >= 11 is 6.25. The van der Waals surface area contributed by atoms with E-state index in [1.165, 1.54) is 0 Å². The molecule has 9 heteroatoms. The Bertz CT molecular complexity index is 830. The second kappa shape index (κ2) is 8.26. The molecule has 2 aliphatic heterocycles. The van der Waals surface area contributed by atoms with Crippen LogP contribution >= 0.6 is 11.6 Å². The van der Waals surface area contributed by atoms with E-state index in [1.807, 2.05) is 18.2 Å². The fourth-order valence-electron chi connectivity index (χ4n) is 3.97. The molecule has 1 aromatic rings. The standard InChI is InChI=1S/C19H27ClN4O3S/c20-18-22-16(14-17(23-18)24-9-11-27-12-10-24)19(5-7-21-8-6-19)28(25,26)13-1-2-15-3-4-15/h1-2,14-15,21H,3-13H2. The smallest absolute Gasteiger partial charge is 0.224 e. The van der Waals surface area contributed by atoms with Crippen molar-refractivity contribution in [3.05, 3.63) is 29.2 Å². The van der Waals surface area contributed by atoms with Gasteiger partial charge in [-0.25, -0.2) is 18.4 Å². The van der Waals surface area contributed by atoms with Crippen LogP contribution in [0.3, 0.4) is 0 Å². The molecule has 0 unspecified atom stereocenters. The molecule has 1 saturated carbocycles. The van der Waals surface area contributed by atoms with Gasteiger partial charge in [0.2, 0.25) is 5.28 Å². The maximum atomic E-state index is 13.5. The van der Waals surface area contributed by atoms with Crippen LogP contribution in [0.25, 0.3) is 0 Å². The van der Waals surface area contributed by atoms with Gasteiger partial charge in [0.05, 0.1) is 24.7 Å². The number of morpholine rings is 1. The average molecular weight is 427 g/mol. The second-order valence-corrected chi connectivity index (χ2v) is 10.5. The SMILES string of the molecule is O=S(=O)(CC=CC1CC1)C1(c2cc(N3CCOCC3)nc(Cl)n2)CCNCC1. The lowest BCUT2D eigenvalue weighted by Crippen LogP contribution is -2.47. The highest BCUT2D eigenvalue weighted by molar-refractivity contribution is 7.92. The highest BCUT2D eigenvalue weighted by atomic mass is 35.5. The lowest BCUT2D eigenvalue weighted by molar-refractivity contribution is 0.122. The maximum absolute atomic E-state index is 13.5. The summed E-state index contributed by atoms with van der Waals surface area (Å²) in [7, 11) is -3.45. The van der Waals surface area contributed by atoms with Gasteiger partial charge in [0.15, 0.2) is 9.84 Å². The number of halogens is 1. The molecule has 1 aromatic heterocycles. The molecule has 1 aliphatic carbocycles. The number of aromatic nitrogens is 2. The van der Waals surface area contributed by atoms with Gasteiger partial charge in [-0.1, -0.05) is 12.2 Å². The highest BCUT2D eigenvalue weighted by Gasteiger charge is 2.47. The Hall–Kier alpha value is -1.22.